The number of hydrogen-bond acceptors (Lipinski definition) is 1. The van der Waals surface area contributed by atoms with Gasteiger partial charge < -0.3 is 5.32 Å². The number of hydrogen-bond donors (Lipinski definition) is 1. The molecule has 0 bridgehead atoms. The zero-order valence-electron chi connectivity index (χ0n) is 10.6. The Morgan fingerprint density at radius 1 is 1.47 bits per heavy atom. The average Bonchev–Trinajstić information content (AvgIpc) is 2.27. The van der Waals surface area contributed by atoms with Crippen molar-refractivity contribution in [3.05, 3.63) is 44.9 Å². The first-order chi connectivity index (χ1) is 8.04. The van der Waals surface area contributed by atoms with Crippen LogP contribution < -0.4 is 5.32 Å². The predicted molar refractivity (Wildman–Crippen MR) is 79.6 cm³/mol. The number of halogens is 2. The largest absolute Gasteiger partial charge is 0.307 e. The normalized spacial score (nSPS) is 12.3. The minimum atomic E-state index is 0.241. The summed E-state index contributed by atoms with van der Waals surface area (Å²) in [5.74, 6) is 0. The van der Waals surface area contributed by atoms with Crippen LogP contribution in [0.1, 0.15) is 38.8 Å². The SMILES string of the molecule is CCCNC(C=C(C)C)c1ccc(Br)c(Cl)c1. The van der Waals surface area contributed by atoms with Crippen LogP contribution in [-0.2, 0) is 0 Å². The molecule has 0 heterocycles. The molecule has 0 saturated heterocycles. The van der Waals surface area contributed by atoms with Crippen molar-refractivity contribution in [2.45, 2.75) is 33.2 Å². The van der Waals surface area contributed by atoms with E-state index in [0.29, 0.717) is 0 Å². The van der Waals surface area contributed by atoms with E-state index in [1.165, 1.54) is 11.1 Å². The van der Waals surface area contributed by atoms with E-state index in [1.54, 1.807) is 0 Å². The summed E-state index contributed by atoms with van der Waals surface area (Å²) < 4.78 is 0.939. The van der Waals surface area contributed by atoms with Crippen molar-refractivity contribution >= 4 is 27.5 Å². The summed E-state index contributed by atoms with van der Waals surface area (Å²) in [5, 5.41) is 4.27. The van der Waals surface area contributed by atoms with Gasteiger partial charge in [-0.3, -0.25) is 0 Å². The van der Waals surface area contributed by atoms with E-state index in [1.807, 2.05) is 12.1 Å². The predicted octanol–water partition coefficient (Wildman–Crippen LogP) is 5.11. The van der Waals surface area contributed by atoms with Gasteiger partial charge in [-0.1, -0.05) is 36.2 Å². The molecule has 1 atom stereocenters. The van der Waals surface area contributed by atoms with Gasteiger partial charge in [-0.25, -0.2) is 0 Å². The van der Waals surface area contributed by atoms with Crippen molar-refractivity contribution in [1.82, 2.24) is 5.32 Å². The Kier molecular flexibility index (Phi) is 6.24. The minimum Gasteiger partial charge on any atom is -0.307 e. The molecule has 0 spiro atoms. The van der Waals surface area contributed by atoms with Crippen molar-refractivity contribution < 1.29 is 0 Å². The van der Waals surface area contributed by atoms with Crippen LogP contribution in [0.4, 0.5) is 0 Å². The van der Waals surface area contributed by atoms with Crippen LogP contribution in [0.25, 0.3) is 0 Å². The molecule has 0 aromatic heterocycles. The molecule has 1 aromatic carbocycles. The quantitative estimate of drug-likeness (QED) is 0.744. The maximum atomic E-state index is 6.13. The van der Waals surface area contributed by atoms with Gasteiger partial charge in [-0.2, -0.15) is 0 Å². The topological polar surface area (TPSA) is 12.0 Å². The van der Waals surface area contributed by atoms with E-state index in [4.69, 9.17) is 11.6 Å². The van der Waals surface area contributed by atoms with Gasteiger partial charge in [0.1, 0.15) is 0 Å². The highest BCUT2D eigenvalue weighted by Crippen LogP contribution is 2.27. The van der Waals surface area contributed by atoms with Gasteiger partial charge in [0.2, 0.25) is 0 Å². The lowest BCUT2D eigenvalue weighted by Crippen LogP contribution is -2.20. The van der Waals surface area contributed by atoms with Crippen LogP contribution in [0.2, 0.25) is 5.02 Å². The Morgan fingerprint density at radius 3 is 2.71 bits per heavy atom. The van der Waals surface area contributed by atoms with Crippen LogP contribution >= 0.6 is 27.5 Å². The lowest BCUT2D eigenvalue weighted by Gasteiger charge is -2.16. The fourth-order valence-electron chi connectivity index (χ4n) is 1.61. The first-order valence-electron chi connectivity index (χ1n) is 5.88. The van der Waals surface area contributed by atoms with Gasteiger partial charge >= 0.3 is 0 Å². The Bertz CT molecular complexity index is 397. The highest BCUT2D eigenvalue weighted by Gasteiger charge is 2.09. The van der Waals surface area contributed by atoms with E-state index >= 15 is 0 Å². The molecule has 0 saturated carbocycles. The number of nitrogens with one attached hydrogen (secondary N) is 1. The van der Waals surface area contributed by atoms with E-state index in [0.717, 1.165) is 22.5 Å². The molecule has 1 nitrogen and oxygen atoms in total. The van der Waals surface area contributed by atoms with Gasteiger partial charge in [-0.15, -0.1) is 0 Å². The molecular weight excluding hydrogens is 298 g/mol. The smallest absolute Gasteiger partial charge is 0.0551 e. The summed E-state index contributed by atoms with van der Waals surface area (Å²) in [6.45, 7) is 7.39. The zero-order chi connectivity index (χ0) is 12.8. The molecule has 0 amide bonds. The van der Waals surface area contributed by atoms with Crippen molar-refractivity contribution in [3.8, 4) is 0 Å². The average molecular weight is 317 g/mol. The molecule has 1 rings (SSSR count). The molecule has 1 N–H and O–H groups in total. The molecule has 94 valence electrons. The van der Waals surface area contributed by atoms with Crippen LogP contribution in [0.3, 0.4) is 0 Å². The maximum Gasteiger partial charge on any atom is 0.0551 e. The molecule has 1 unspecified atom stereocenters. The van der Waals surface area contributed by atoms with Gasteiger partial charge in [0, 0.05) is 4.47 Å². The number of allylic oxidation sites excluding steroid dienone is 1. The van der Waals surface area contributed by atoms with Crippen LogP contribution in [-0.4, -0.2) is 6.54 Å². The Morgan fingerprint density at radius 2 is 2.18 bits per heavy atom. The lowest BCUT2D eigenvalue weighted by atomic mass is 10.0. The second kappa shape index (κ2) is 7.20. The summed E-state index contributed by atoms with van der Waals surface area (Å²) in [6.07, 6.45) is 3.35. The van der Waals surface area contributed by atoms with Crippen LogP contribution in [0.5, 0.6) is 0 Å². The monoisotopic (exact) mass is 315 g/mol. The first-order valence-corrected chi connectivity index (χ1v) is 7.05. The third-order valence-electron chi connectivity index (χ3n) is 2.42. The molecule has 0 aliphatic rings. The number of benzene rings is 1. The highest BCUT2D eigenvalue weighted by molar-refractivity contribution is 9.10. The fraction of sp³-hybridized carbons (Fsp3) is 0.429. The number of rotatable bonds is 5. The lowest BCUT2D eigenvalue weighted by molar-refractivity contribution is 0.610. The second-order valence-corrected chi connectivity index (χ2v) is 5.61. The van der Waals surface area contributed by atoms with Crippen molar-refractivity contribution in [3.63, 3.8) is 0 Å². The molecule has 0 aliphatic heterocycles. The molecule has 17 heavy (non-hydrogen) atoms. The molecule has 1 aromatic rings. The maximum absolute atomic E-state index is 6.13. The Balaban J connectivity index is 2.95. The fourth-order valence-corrected chi connectivity index (χ4v) is 2.05. The van der Waals surface area contributed by atoms with Crippen LogP contribution in [0.15, 0.2) is 34.3 Å². The van der Waals surface area contributed by atoms with Crippen molar-refractivity contribution in [2.24, 2.45) is 0 Å². The minimum absolute atomic E-state index is 0.241. The summed E-state index contributed by atoms with van der Waals surface area (Å²) >= 11 is 9.55. The van der Waals surface area contributed by atoms with Crippen LogP contribution in [0, 0.1) is 0 Å². The highest BCUT2D eigenvalue weighted by atomic mass is 79.9. The third kappa shape index (κ3) is 4.82. The molecule has 0 aliphatic carbocycles. The second-order valence-electron chi connectivity index (χ2n) is 4.35. The van der Waals surface area contributed by atoms with Gasteiger partial charge in [-0.05, 0) is 60.4 Å². The van der Waals surface area contributed by atoms with Gasteiger partial charge in [0.15, 0.2) is 0 Å². The van der Waals surface area contributed by atoms with Gasteiger partial charge in [0.25, 0.3) is 0 Å². The molecular formula is C14H19BrClN. The Labute approximate surface area is 117 Å². The summed E-state index contributed by atoms with van der Waals surface area (Å²) in [6, 6.07) is 6.35. The van der Waals surface area contributed by atoms with E-state index < -0.39 is 0 Å². The summed E-state index contributed by atoms with van der Waals surface area (Å²) in [7, 11) is 0. The third-order valence-corrected chi connectivity index (χ3v) is 3.65. The zero-order valence-corrected chi connectivity index (χ0v) is 12.9. The molecule has 0 fully saturated rings. The first kappa shape index (κ1) is 14.7. The standard InChI is InChI=1S/C14H19BrClN/c1-4-7-17-14(8-10(2)3)11-5-6-12(15)13(16)9-11/h5-6,8-9,14,17H,4,7H2,1-3H3. The summed E-state index contributed by atoms with van der Waals surface area (Å²) in [5.41, 5.74) is 2.51. The van der Waals surface area contributed by atoms with E-state index in [9.17, 15) is 0 Å². The Hall–Kier alpha value is -0.310. The van der Waals surface area contributed by atoms with E-state index in [-0.39, 0.29) is 6.04 Å². The molecule has 0 radical (unpaired) electrons. The van der Waals surface area contributed by atoms with E-state index in [2.05, 4.69) is 54.2 Å². The van der Waals surface area contributed by atoms with Crippen molar-refractivity contribution in [1.29, 1.82) is 0 Å². The summed E-state index contributed by atoms with van der Waals surface area (Å²) in [4.78, 5) is 0. The van der Waals surface area contributed by atoms with Crippen molar-refractivity contribution in [2.75, 3.05) is 6.54 Å². The van der Waals surface area contributed by atoms with Gasteiger partial charge in [0.05, 0.1) is 11.1 Å². The molecule has 3 heteroatoms.